The van der Waals surface area contributed by atoms with E-state index in [0.29, 0.717) is 36.6 Å². The largest absolute Gasteiger partial charge is 0.493 e. The van der Waals surface area contributed by atoms with E-state index in [0.717, 1.165) is 11.1 Å². The first-order valence-electron chi connectivity index (χ1n) is 13.1. The van der Waals surface area contributed by atoms with Gasteiger partial charge < -0.3 is 19.7 Å². The summed E-state index contributed by atoms with van der Waals surface area (Å²) < 4.78 is 10.6. The maximum atomic E-state index is 13.6. The molecule has 1 N–H and O–H groups in total. The molecule has 38 heavy (non-hydrogen) atoms. The fourth-order valence-corrected chi connectivity index (χ4v) is 4.35. The third kappa shape index (κ3) is 7.60. The van der Waals surface area contributed by atoms with E-state index < -0.39 is 0 Å². The lowest BCUT2D eigenvalue weighted by Crippen LogP contribution is -2.37. The predicted octanol–water partition coefficient (Wildman–Crippen LogP) is 5.95. The first-order valence-corrected chi connectivity index (χ1v) is 13.1. The molecule has 3 rings (SSSR count). The quantitative estimate of drug-likeness (QED) is 0.342. The van der Waals surface area contributed by atoms with Crippen LogP contribution in [0.2, 0.25) is 0 Å². The van der Waals surface area contributed by atoms with Crippen molar-refractivity contribution in [2.24, 2.45) is 0 Å². The van der Waals surface area contributed by atoms with Gasteiger partial charge in [0, 0.05) is 25.1 Å². The Labute approximate surface area is 227 Å². The Kier molecular flexibility index (Phi) is 9.94. The molecule has 1 atom stereocenters. The molecule has 0 aliphatic rings. The van der Waals surface area contributed by atoms with Crippen LogP contribution in [0.25, 0.3) is 0 Å². The lowest BCUT2D eigenvalue weighted by Gasteiger charge is -2.30. The highest BCUT2D eigenvalue weighted by Gasteiger charge is 2.24. The maximum absolute atomic E-state index is 13.6. The van der Waals surface area contributed by atoms with Gasteiger partial charge in [-0.3, -0.25) is 9.59 Å². The van der Waals surface area contributed by atoms with Gasteiger partial charge in [0.05, 0.1) is 20.3 Å². The second kappa shape index (κ2) is 13.1. The van der Waals surface area contributed by atoms with E-state index in [1.807, 2.05) is 79.7 Å². The Balaban J connectivity index is 1.65. The summed E-state index contributed by atoms with van der Waals surface area (Å²) in [6.07, 6.45) is 0.879. The third-order valence-corrected chi connectivity index (χ3v) is 6.77. The lowest BCUT2D eigenvalue weighted by molar-refractivity contribution is -0.121. The zero-order valence-electron chi connectivity index (χ0n) is 23.4. The minimum Gasteiger partial charge on any atom is -0.493 e. The summed E-state index contributed by atoms with van der Waals surface area (Å²) in [6, 6.07) is 23.3. The minimum absolute atomic E-state index is 0.00757. The molecule has 1 unspecified atom stereocenters. The van der Waals surface area contributed by atoms with Crippen molar-refractivity contribution >= 4 is 11.8 Å². The van der Waals surface area contributed by atoms with E-state index in [2.05, 4.69) is 26.1 Å². The lowest BCUT2D eigenvalue weighted by atomic mass is 9.86. The topological polar surface area (TPSA) is 67.9 Å². The van der Waals surface area contributed by atoms with Crippen molar-refractivity contribution in [2.45, 2.75) is 52.0 Å². The van der Waals surface area contributed by atoms with Crippen molar-refractivity contribution in [3.63, 3.8) is 0 Å². The number of benzene rings is 3. The molecule has 2 amide bonds. The van der Waals surface area contributed by atoms with Crippen molar-refractivity contribution < 1.29 is 19.1 Å². The standard InChI is InChI=1S/C32H40N2O4/c1-23(25-10-8-7-9-11-25)34(31(36)26-13-15-27(16-14-26)32(2,3)4)21-19-30(35)33-20-18-24-12-17-28(37-5)29(22-24)38-6/h7-17,22-23H,18-21H2,1-6H3,(H,33,35). The summed E-state index contributed by atoms with van der Waals surface area (Å²) in [5, 5.41) is 2.99. The molecule has 0 saturated carbocycles. The van der Waals surface area contributed by atoms with Gasteiger partial charge in [0.25, 0.3) is 5.91 Å². The van der Waals surface area contributed by atoms with Crippen LogP contribution in [0.15, 0.2) is 72.8 Å². The highest BCUT2D eigenvalue weighted by molar-refractivity contribution is 5.94. The van der Waals surface area contributed by atoms with Gasteiger partial charge in [0.1, 0.15) is 0 Å². The van der Waals surface area contributed by atoms with Crippen LogP contribution in [-0.4, -0.2) is 44.0 Å². The number of hydrogen-bond donors (Lipinski definition) is 1. The van der Waals surface area contributed by atoms with Gasteiger partial charge in [0.15, 0.2) is 11.5 Å². The fourth-order valence-electron chi connectivity index (χ4n) is 4.35. The van der Waals surface area contributed by atoms with Gasteiger partial charge in [-0.15, -0.1) is 0 Å². The van der Waals surface area contributed by atoms with E-state index in [-0.39, 0.29) is 29.7 Å². The van der Waals surface area contributed by atoms with Crippen LogP contribution in [-0.2, 0) is 16.6 Å². The summed E-state index contributed by atoms with van der Waals surface area (Å²) in [4.78, 5) is 28.1. The zero-order valence-corrected chi connectivity index (χ0v) is 23.4. The number of methoxy groups -OCH3 is 2. The van der Waals surface area contributed by atoms with E-state index >= 15 is 0 Å². The number of ether oxygens (including phenoxy) is 2. The fraction of sp³-hybridized carbons (Fsp3) is 0.375. The molecule has 0 heterocycles. The molecule has 0 aliphatic heterocycles. The number of carbonyl (C=O) groups is 2. The monoisotopic (exact) mass is 516 g/mol. The van der Waals surface area contributed by atoms with Crippen molar-refractivity contribution in [1.82, 2.24) is 10.2 Å². The minimum atomic E-state index is -0.175. The summed E-state index contributed by atoms with van der Waals surface area (Å²) in [7, 11) is 3.21. The van der Waals surface area contributed by atoms with Crippen molar-refractivity contribution in [2.75, 3.05) is 27.3 Å². The van der Waals surface area contributed by atoms with Gasteiger partial charge in [-0.2, -0.15) is 0 Å². The Bertz CT molecular complexity index is 1200. The Morgan fingerprint density at radius 1 is 0.895 bits per heavy atom. The number of rotatable bonds is 11. The SMILES string of the molecule is COc1ccc(CCNC(=O)CCN(C(=O)c2ccc(C(C)(C)C)cc2)C(C)c2ccccc2)cc1OC. The Hall–Kier alpha value is -3.80. The van der Waals surface area contributed by atoms with Crippen LogP contribution in [0, 0.1) is 0 Å². The summed E-state index contributed by atoms with van der Waals surface area (Å²) >= 11 is 0. The van der Waals surface area contributed by atoms with Gasteiger partial charge in [0.2, 0.25) is 5.91 Å². The molecule has 3 aromatic carbocycles. The second-order valence-corrected chi connectivity index (χ2v) is 10.5. The predicted molar refractivity (Wildman–Crippen MR) is 152 cm³/mol. The van der Waals surface area contributed by atoms with E-state index in [9.17, 15) is 9.59 Å². The van der Waals surface area contributed by atoms with Gasteiger partial charge >= 0.3 is 0 Å². The molecule has 0 aromatic heterocycles. The van der Waals surface area contributed by atoms with Crippen molar-refractivity contribution in [3.8, 4) is 11.5 Å². The molecule has 0 aliphatic carbocycles. The van der Waals surface area contributed by atoms with Gasteiger partial charge in [-0.05, 0) is 59.7 Å². The van der Waals surface area contributed by atoms with Gasteiger partial charge in [-0.25, -0.2) is 0 Å². The van der Waals surface area contributed by atoms with Crippen LogP contribution >= 0.6 is 0 Å². The average Bonchev–Trinajstić information content (AvgIpc) is 2.92. The summed E-state index contributed by atoms with van der Waals surface area (Å²) in [5.74, 6) is 1.16. The molecule has 0 saturated heterocycles. The zero-order chi connectivity index (χ0) is 27.7. The smallest absolute Gasteiger partial charge is 0.254 e. The van der Waals surface area contributed by atoms with Crippen LogP contribution in [0.3, 0.4) is 0 Å². The van der Waals surface area contributed by atoms with E-state index in [1.165, 1.54) is 5.56 Å². The molecule has 202 valence electrons. The van der Waals surface area contributed by atoms with Crippen LogP contribution in [0.5, 0.6) is 11.5 Å². The second-order valence-electron chi connectivity index (χ2n) is 10.5. The molecule has 6 nitrogen and oxygen atoms in total. The van der Waals surface area contributed by atoms with Gasteiger partial charge in [-0.1, -0.05) is 69.3 Å². The first-order chi connectivity index (χ1) is 18.1. The highest BCUT2D eigenvalue weighted by Crippen LogP contribution is 2.28. The average molecular weight is 517 g/mol. The molecule has 0 radical (unpaired) electrons. The normalized spacial score (nSPS) is 11.9. The summed E-state index contributed by atoms with van der Waals surface area (Å²) in [6.45, 7) is 9.26. The number of hydrogen-bond acceptors (Lipinski definition) is 4. The molecule has 0 spiro atoms. The first kappa shape index (κ1) is 28.8. The number of amides is 2. The number of nitrogens with zero attached hydrogens (tertiary/aromatic N) is 1. The Morgan fingerprint density at radius 3 is 2.16 bits per heavy atom. The van der Waals surface area contributed by atoms with E-state index in [1.54, 1.807) is 19.1 Å². The van der Waals surface area contributed by atoms with Crippen LogP contribution in [0.4, 0.5) is 0 Å². The van der Waals surface area contributed by atoms with Crippen LogP contribution in [0.1, 0.15) is 67.2 Å². The molecule has 3 aromatic rings. The molecular formula is C32H40N2O4. The van der Waals surface area contributed by atoms with Crippen molar-refractivity contribution in [3.05, 3.63) is 95.1 Å². The number of carbonyl (C=O) groups excluding carboxylic acids is 2. The molecule has 6 heteroatoms. The maximum Gasteiger partial charge on any atom is 0.254 e. The van der Waals surface area contributed by atoms with E-state index in [4.69, 9.17) is 9.47 Å². The Morgan fingerprint density at radius 2 is 1.55 bits per heavy atom. The molecular weight excluding hydrogens is 476 g/mol. The van der Waals surface area contributed by atoms with Crippen LogP contribution < -0.4 is 14.8 Å². The third-order valence-electron chi connectivity index (χ3n) is 6.77. The van der Waals surface area contributed by atoms with Crippen molar-refractivity contribution in [1.29, 1.82) is 0 Å². The molecule has 0 bridgehead atoms. The summed E-state index contributed by atoms with van der Waals surface area (Å²) in [5.41, 5.74) is 3.87. The highest BCUT2D eigenvalue weighted by atomic mass is 16.5. The number of nitrogens with one attached hydrogen (secondary N) is 1. The molecule has 0 fully saturated rings.